The first-order valence-corrected chi connectivity index (χ1v) is 5.89. The maximum absolute atomic E-state index is 5.64. The predicted octanol–water partition coefficient (Wildman–Crippen LogP) is 2.18. The van der Waals surface area contributed by atoms with Crippen LogP contribution in [0, 0.1) is 6.92 Å². The van der Waals surface area contributed by atoms with Gasteiger partial charge in [-0.1, -0.05) is 17.3 Å². The van der Waals surface area contributed by atoms with Gasteiger partial charge < -0.3 is 15.0 Å². The number of ether oxygens (including phenoxy) is 1. The first-order chi connectivity index (χ1) is 8.20. The molecule has 0 atom stereocenters. The summed E-state index contributed by atoms with van der Waals surface area (Å²) in [6, 6.07) is 5.72. The maximum atomic E-state index is 5.64. The van der Waals surface area contributed by atoms with Gasteiger partial charge in [0.1, 0.15) is 5.75 Å². The maximum Gasteiger partial charge on any atom is 0.264 e. The summed E-state index contributed by atoms with van der Waals surface area (Å²) < 4.78 is 11.5. The van der Waals surface area contributed by atoms with Gasteiger partial charge in [-0.25, -0.2) is 0 Å². The molecule has 0 fully saturated rings. The minimum Gasteiger partial charge on any atom is -0.482 e. The Morgan fingerprint density at radius 3 is 2.94 bits per heavy atom. The van der Waals surface area contributed by atoms with Crippen LogP contribution in [0.15, 0.2) is 27.2 Å². The van der Waals surface area contributed by atoms with Crippen molar-refractivity contribution in [1.82, 2.24) is 10.1 Å². The Bertz CT molecular complexity index is 513. The van der Waals surface area contributed by atoms with Crippen LogP contribution in [0.2, 0.25) is 0 Å². The number of hydrogen-bond acceptors (Lipinski definition) is 5. The third-order valence-electron chi connectivity index (χ3n) is 2.18. The van der Waals surface area contributed by atoms with Crippen LogP contribution < -0.4 is 10.5 Å². The minimum atomic E-state index is 0.233. The van der Waals surface area contributed by atoms with Crippen molar-refractivity contribution in [3.05, 3.63) is 40.0 Å². The summed E-state index contributed by atoms with van der Waals surface area (Å²) in [6.07, 6.45) is 0. The molecule has 0 spiro atoms. The predicted molar refractivity (Wildman–Crippen MR) is 65.4 cm³/mol. The Morgan fingerprint density at radius 1 is 1.47 bits per heavy atom. The molecule has 1 aromatic heterocycles. The average molecular weight is 298 g/mol. The second-order valence-corrected chi connectivity index (χ2v) is 4.31. The topological polar surface area (TPSA) is 74.2 Å². The highest BCUT2D eigenvalue weighted by molar-refractivity contribution is 9.10. The summed E-state index contributed by atoms with van der Waals surface area (Å²) >= 11 is 3.42. The summed E-state index contributed by atoms with van der Waals surface area (Å²) in [5, 5.41) is 3.69. The molecule has 2 rings (SSSR count). The van der Waals surface area contributed by atoms with Gasteiger partial charge in [0, 0.05) is 12.1 Å². The van der Waals surface area contributed by atoms with Crippen LogP contribution in [0.5, 0.6) is 5.75 Å². The van der Waals surface area contributed by atoms with Crippen molar-refractivity contribution < 1.29 is 9.26 Å². The van der Waals surface area contributed by atoms with Crippen LogP contribution in [0.1, 0.15) is 17.3 Å². The average Bonchev–Trinajstić information content (AvgIpc) is 2.73. The zero-order valence-electron chi connectivity index (χ0n) is 9.31. The number of hydrogen-bond donors (Lipinski definition) is 1. The van der Waals surface area contributed by atoms with Crippen LogP contribution in [0.25, 0.3) is 0 Å². The van der Waals surface area contributed by atoms with Gasteiger partial charge in [0.15, 0.2) is 12.4 Å². The number of rotatable bonds is 4. The van der Waals surface area contributed by atoms with Gasteiger partial charge in [-0.3, -0.25) is 0 Å². The smallest absolute Gasteiger partial charge is 0.264 e. The number of aromatic nitrogens is 2. The van der Waals surface area contributed by atoms with E-state index < -0.39 is 0 Å². The lowest BCUT2D eigenvalue weighted by Crippen LogP contribution is -2.03. The van der Waals surface area contributed by atoms with E-state index in [1.807, 2.05) is 18.2 Å². The first kappa shape index (κ1) is 12.1. The normalized spacial score (nSPS) is 10.5. The lowest BCUT2D eigenvalue weighted by atomic mass is 10.2. The summed E-state index contributed by atoms with van der Waals surface area (Å²) in [6.45, 7) is 2.41. The number of nitrogens with zero attached hydrogens (tertiary/aromatic N) is 2. The third-order valence-corrected chi connectivity index (χ3v) is 2.80. The molecule has 1 heterocycles. The van der Waals surface area contributed by atoms with Crippen LogP contribution in [-0.4, -0.2) is 10.1 Å². The van der Waals surface area contributed by atoms with Crippen molar-refractivity contribution in [2.45, 2.75) is 20.1 Å². The molecule has 2 aromatic rings. The van der Waals surface area contributed by atoms with Crippen molar-refractivity contribution in [2.75, 3.05) is 0 Å². The van der Waals surface area contributed by atoms with E-state index in [0.29, 0.717) is 24.0 Å². The zero-order chi connectivity index (χ0) is 12.3. The van der Waals surface area contributed by atoms with E-state index in [-0.39, 0.29) is 6.61 Å². The molecule has 0 saturated carbocycles. The van der Waals surface area contributed by atoms with Gasteiger partial charge >= 0.3 is 0 Å². The fourth-order valence-corrected chi connectivity index (χ4v) is 1.93. The molecular weight excluding hydrogens is 286 g/mol. The van der Waals surface area contributed by atoms with Gasteiger partial charge in [-0.05, 0) is 28.9 Å². The Hall–Kier alpha value is -1.40. The van der Waals surface area contributed by atoms with Gasteiger partial charge in [0.05, 0.1) is 4.47 Å². The van der Waals surface area contributed by atoms with Crippen molar-refractivity contribution in [1.29, 1.82) is 0 Å². The molecular formula is C11H12BrN3O2. The molecule has 0 aliphatic rings. The van der Waals surface area contributed by atoms with E-state index in [1.54, 1.807) is 6.92 Å². The molecule has 6 heteroatoms. The molecule has 0 unspecified atom stereocenters. The number of para-hydroxylation sites is 1. The van der Waals surface area contributed by atoms with Crippen molar-refractivity contribution in [3.63, 3.8) is 0 Å². The molecule has 2 N–H and O–H groups in total. The molecule has 0 radical (unpaired) electrons. The standard InChI is InChI=1S/C11H12BrN3O2/c1-7-14-10(17-15-7)6-16-11-8(5-13)3-2-4-9(11)12/h2-4H,5-6,13H2,1H3. The lowest BCUT2D eigenvalue weighted by molar-refractivity contribution is 0.239. The number of benzene rings is 1. The van der Waals surface area contributed by atoms with Crippen LogP contribution >= 0.6 is 15.9 Å². The van der Waals surface area contributed by atoms with Crippen LogP contribution in [0.4, 0.5) is 0 Å². The van der Waals surface area contributed by atoms with E-state index in [4.69, 9.17) is 15.0 Å². The quantitative estimate of drug-likeness (QED) is 0.936. The van der Waals surface area contributed by atoms with E-state index in [0.717, 1.165) is 10.0 Å². The molecule has 0 saturated heterocycles. The van der Waals surface area contributed by atoms with E-state index >= 15 is 0 Å². The monoisotopic (exact) mass is 297 g/mol. The fourth-order valence-electron chi connectivity index (χ4n) is 1.41. The Balaban J connectivity index is 2.13. The second kappa shape index (κ2) is 5.29. The van der Waals surface area contributed by atoms with E-state index in [1.165, 1.54) is 0 Å². The fraction of sp³-hybridized carbons (Fsp3) is 0.273. The number of aryl methyl sites for hydroxylation is 1. The highest BCUT2D eigenvalue weighted by Crippen LogP contribution is 2.29. The molecule has 17 heavy (non-hydrogen) atoms. The largest absolute Gasteiger partial charge is 0.482 e. The number of nitrogens with two attached hydrogens (primary N) is 1. The lowest BCUT2D eigenvalue weighted by Gasteiger charge is -2.10. The number of halogens is 1. The van der Waals surface area contributed by atoms with E-state index in [9.17, 15) is 0 Å². The molecule has 5 nitrogen and oxygen atoms in total. The molecule has 90 valence electrons. The van der Waals surface area contributed by atoms with Crippen LogP contribution in [-0.2, 0) is 13.2 Å². The van der Waals surface area contributed by atoms with Gasteiger partial charge in [0.2, 0.25) is 0 Å². The second-order valence-electron chi connectivity index (χ2n) is 3.46. The van der Waals surface area contributed by atoms with Gasteiger partial charge in [0.25, 0.3) is 5.89 Å². The molecule has 0 aliphatic carbocycles. The SMILES string of the molecule is Cc1noc(COc2c(Br)cccc2CN)n1. The Morgan fingerprint density at radius 2 is 2.29 bits per heavy atom. The molecule has 0 aliphatic heterocycles. The molecule has 1 aromatic carbocycles. The Kier molecular flexibility index (Phi) is 3.75. The van der Waals surface area contributed by atoms with Crippen molar-refractivity contribution >= 4 is 15.9 Å². The van der Waals surface area contributed by atoms with Crippen molar-refractivity contribution in [3.8, 4) is 5.75 Å². The summed E-state index contributed by atoms with van der Waals surface area (Å²) in [4.78, 5) is 4.06. The summed E-state index contributed by atoms with van der Waals surface area (Å²) in [5.41, 5.74) is 6.57. The highest BCUT2D eigenvalue weighted by atomic mass is 79.9. The van der Waals surface area contributed by atoms with E-state index in [2.05, 4.69) is 26.1 Å². The molecule has 0 amide bonds. The van der Waals surface area contributed by atoms with Gasteiger partial charge in [-0.2, -0.15) is 4.98 Å². The molecule has 0 bridgehead atoms. The minimum absolute atomic E-state index is 0.233. The van der Waals surface area contributed by atoms with Gasteiger partial charge in [-0.15, -0.1) is 0 Å². The summed E-state index contributed by atoms with van der Waals surface area (Å²) in [5.74, 6) is 1.75. The zero-order valence-corrected chi connectivity index (χ0v) is 10.9. The van der Waals surface area contributed by atoms with Crippen molar-refractivity contribution in [2.24, 2.45) is 5.73 Å². The van der Waals surface area contributed by atoms with Crippen LogP contribution in [0.3, 0.4) is 0 Å². The first-order valence-electron chi connectivity index (χ1n) is 5.10. The third kappa shape index (κ3) is 2.83. The Labute approximate surface area is 107 Å². The summed E-state index contributed by atoms with van der Waals surface area (Å²) in [7, 11) is 0. The highest BCUT2D eigenvalue weighted by Gasteiger charge is 2.09.